The van der Waals surface area contributed by atoms with E-state index in [0.29, 0.717) is 37.2 Å². The predicted molar refractivity (Wildman–Crippen MR) is 67.0 cm³/mol. The average Bonchev–Trinajstić information content (AvgIpc) is 3.19. The Morgan fingerprint density at radius 2 is 2.50 bits per heavy atom. The fraction of sp³-hybridized carbons (Fsp3) is 0.462. The zero-order valence-electron chi connectivity index (χ0n) is 11.1. The molecule has 0 N–H and O–H groups in total. The summed E-state index contributed by atoms with van der Waals surface area (Å²) in [6.45, 7) is 1.54. The SMILES string of the molecule is COCc1nc(C2CCN(C(=O)c3ccco3)C2)no1. The van der Waals surface area contributed by atoms with Gasteiger partial charge in [0.2, 0.25) is 0 Å². The first-order valence-electron chi connectivity index (χ1n) is 6.42. The number of hydrogen-bond acceptors (Lipinski definition) is 6. The summed E-state index contributed by atoms with van der Waals surface area (Å²) >= 11 is 0. The maximum Gasteiger partial charge on any atom is 0.289 e. The lowest BCUT2D eigenvalue weighted by molar-refractivity contribution is 0.0759. The van der Waals surface area contributed by atoms with Gasteiger partial charge in [0.15, 0.2) is 11.6 Å². The lowest BCUT2D eigenvalue weighted by Crippen LogP contribution is -2.28. The molecule has 0 radical (unpaired) electrons. The van der Waals surface area contributed by atoms with Crippen molar-refractivity contribution in [2.75, 3.05) is 20.2 Å². The highest BCUT2D eigenvalue weighted by atomic mass is 16.5. The summed E-state index contributed by atoms with van der Waals surface area (Å²) in [4.78, 5) is 18.2. The van der Waals surface area contributed by atoms with Crippen LogP contribution >= 0.6 is 0 Å². The maximum atomic E-state index is 12.1. The molecule has 0 bridgehead atoms. The molecule has 0 aliphatic carbocycles. The summed E-state index contributed by atoms with van der Waals surface area (Å²) < 4.78 is 15.1. The first-order chi connectivity index (χ1) is 9.78. The lowest BCUT2D eigenvalue weighted by Gasteiger charge is -2.13. The monoisotopic (exact) mass is 277 g/mol. The molecule has 3 heterocycles. The molecule has 1 fully saturated rings. The Bertz CT molecular complexity index is 578. The molecule has 1 aliphatic rings. The third-order valence-corrected chi connectivity index (χ3v) is 3.32. The summed E-state index contributed by atoms with van der Waals surface area (Å²) in [7, 11) is 1.57. The molecule has 0 saturated carbocycles. The van der Waals surface area contributed by atoms with Gasteiger partial charge in [0.1, 0.15) is 6.61 Å². The molecule has 106 valence electrons. The van der Waals surface area contributed by atoms with Crippen LogP contribution in [-0.2, 0) is 11.3 Å². The van der Waals surface area contributed by atoms with Crippen molar-refractivity contribution in [3.63, 3.8) is 0 Å². The summed E-state index contributed by atoms with van der Waals surface area (Å²) in [5.41, 5.74) is 0. The molecule has 3 rings (SSSR count). The first kappa shape index (κ1) is 12.9. The highest BCUT2D eigenvalue weighted by Crippen LogP contribution is 2.26. The minimum Gasteiger partial charge on any atom is -0.459 e. The number of carbonyl (C=O) groups is 1. The highest BCUT2D eigenvalue weighted by Gasteiger charge is 2.31. The predicted octanol–water partition coefficient (Wildman–Crippen LogP) is 1.44. The van der Waals surface area contributed by atoms with Gasteiger partial charge in [-0.2, -0.15) is 4.98 Å². The number of rotatable bonds is 4. The van der Waals surface area contributed by atoms with E-state index in [1.54, 1.807) is 24.1 Å². The molecule has 0 aromatic carbocycles. The summed E-state index contributed by atoms with van der Waals surface area (Å²) in [6.07, 6.45) is 2.31. The van der Waals surface area contributed by atoms with Crippen molar-refractivity contribution in [3.8, 4) is 0 Å². The van der Waals surface area contributed by atoms with Gasteiger partial charge in [0.05, 0.1) is 6.26 Å². The first-order valence-corrected chi connectivity index (χ1v) is 6.42. The van der Waals surface area contributed by atoms with Gasteiger partial charge < -0.3 is 18.6 Å². The Balaban J connectivity index is 1.65. The second kappa shape index (κ2) is 5.46. The summed E-state index contributed by atoms with van der Waals surface area (Å²) in [5, 5.41) is 3.95. The lowest BCUT2D eigenvalue weighted by atomic mass is 10.1. The largest absolute Gasteiger partial charge is 0.459 e. The topological polar surface area (TPSA) is 81.6 Å². The van der Waals surface area contributed by atoms with Crippen molar-refractivity contribution in [1.29, 1.82) is 0 Å². The van der Waals surface area contributed by atoms with Crippen LogP contribution in [0, 0.1) is 0 Å². The van der Waals surface area contributed by atoms with Gasteiger partial charge in [0, 0.05) is 26.1 Å². The normalized spacial score (nSPS) is 18.6. The fourth-order valence-corrected chi connectivity index (χ4v) is 2.33. The Hall–Kier alpha value is -2.15. The molecule has 0 spiro atoms. The van der Waals surface area contributed by atoms with E-state index in [2.05, 4.69) is 10.1 Å². The van der Waals surface area contributed by atoms with Crippen molar-refractivity contribution < 1.29 is 18.5 Å². The minimum atomic E-state index is -0.0990. The summed E-state index contributed by atoms with van der Waals surface area (Å²) in [5.74, 6) is 1.45. The Morgan fingerprint density at radius 3 is 3.25 bits per heavy atom. The Morgan fingerprint density at radius 1 is 1.60 bits per heavy atom. The van der Waals surface area contributed by atoms with Gasteiger partial charge in [0.25, 0.3) is 11.8 Å². The van der Waals surface area contributed by atoms with E-state index >= 15 is 0 Å². The van der Waals surface area contributed by atoms with Crippen molar-refractivity contribution in [3.05, 3.63) is 35.9 Å². The third kappa shape index (κ3) is 2.44. The number of aromatic nitrogens is 2. The fourth-order valence-electron chi connectivity index (χ4n) is 2.33. The van der Waals surface area contributed by atoms with Crippen LogP contribution in [-0.4, -0.2) is 41.1 Å². The average molecular weight is 277 g/mol. The van der Waals surface area contributed by atoms with Crippen LogP contribution in [0.4, 0.5) is 0 Å². The van der Waals surface area contributed by atoms with Crippen LogP contribution in [0.5, 0.6) is 0 Å². The molecule has 20 heavy (non-hydrogen) atoms. The molecule has 1 atom stereocenters. The molecule has 1 unspecified atom stereocenters. The van der Waals surface area contributed by atoms with Crippen molar-refractivity contribution in [2.45, 2.75) is 18.9 Å². The zero-order valence-corrected chi connectivity index (χ0v) is 11.1. The van der Waals surface area contributed by atoms with Gasteiger partial charge in [-0.25, -0.2) is 0 Å². The molecule has 7 heteroatoms. The molecule has 7 nitrogen and oxygen atoms in total. The van der Waals surface area contributed by atoms with Crippen LogP contribution < -0.4 is 0 Å². The molecule has 1 saturated heterocycles. The minimum absolute atomic E-state index is 0.0990. The number of amides is 1. The van der Waals surface area contributed by atoms with Gasteiger partial charge in [-0.3, -0.25) is 4.79 Å². The number of carbonyl (C=O) groups excluding carboxylic acids is 1. The molecule has 2 aromatic rings. The maximum absolute atomic E-state index is 12.1. The Kier molecular flexibility index (Phi) is 3.51. The van der Waals surface area contributed by atoms with Gasteiger partial charge in [-0.1, -0.05) is 5.16 Å². The quantitative estimate of drug-likeness (QED) is 0.841. The van der Waals surface area contributed by atoms with E-state index in [4.69, 9.17) is 13.7 Å². The Labute approximate surface area is 115 Å². The van der Waals surface area contributed by atoms with E-state index in [9.17, 15) is 4.79 Å². The number of furan rings is 1. The molecule has 2 aromatic heterocycles. The van der Waals surface area contributed by atoms with Crippen LogP contribution in [0.1, 0.15) is 34.6 Å². The summed E-state index contributed by atoms with van der Waals surface area (Å²) in [6, 6.07) is 3.37. The number of nitrogens with zero attached hydrogens (tertiary/aromatic N) is 3. The number of ether oxygens (including phenoxy) is 1. The van der Waals surface area contributed by atoms with Crippen LogP contribution in [0.3, 0.4) is 0 Å². The second-order valence-corrected chi connectivity index (χ2v) is 4.69. The number of hydrogen-bond donors (Lipinski definition) is 0. The molecular weight excluding hydrogens is 262 g/mol. The van der Waals surface area contributed by atoms with Crippen LogP contribution in [0.25, 0.3) is 0 Å². The van der Waals surface area contributed by atoms with E-state index in [1.807, 2.05) is 0 Å². The van der Waals surface area contributed by atoms with E-state index in [0.717, 1.165) is 6.42 Å². The smallest absolute Gasteiger partial charge is 0.289 e. The number of methoxy groups -OCH3 is 1. The molecule has 1 amide bonds. The van der Waals surface area contributed by atoms with Crippen LogP contribution in [0.2, 0.25) is 0 Å². The van der Waals surface area contributed by atoms with Crippen molar-refractivity contribution >= 4 is 5.91 Å². The standard InChI is InChI=1S/C13H15N3O4/c1-18-8-11-14-12(15-20-11)9-4-5-16(7-9)13(17)10-3-2-6-19-10/h2-3,6,9H,4-5,7-8H2,1H3. The van der Waals surface area contributed by atoms with Crippen LogP contribution in [0.15, 0.2) is 27.3 Å². The van der Waals surface area contributed by atoms with E-state index < -0.39 is 0 Å². The molecular formula is C13H15N3O4. The number of likely N-dealkylation sites (tertiary alicyclic amines) is 1. The van der Waals surface area contributed by atoms with Crippen molar-refractivity contribution in [2.24, 2.45) is 0 Å². The second-order valence-electron chi connectivity index (χ2n) is 4.69. The van der Waals surface area contributed by atoms with E-state index in [1.165, 1.54) is 6.26 Å². The zero-order chi connectivity index (χ0) is 13.9. The highest BCUT2D eigenvalue weighted by molar-refractivity contribution is 5.91. The third-order valence-electron chi connectivity index (χ3n) is 3.32. The van der Waals surface area contributed by atoms with Gasteiger partial charge in [-0.05, 0) is 18.6 Å². The van der Waals surface area contributed by atoms with E-state index in [-0.39, 0.29) is 11.8 Å². The van der Waals surface area contributed by atoms with Gasteiger partial charge >= 0.3 is 0 Å². The van der Waals surface area contributed by atoms with Crippen molar-refractivity contribution in [1.82, 2.24) is 15.0 Å². The molecule has 1 aliphatic heterocycles. The van der Waals surface area contributed by atoms with Gasteiger partial charge in [-0.15, -0.1) is 0 Å².